The number of halogens is 3. The number of aryl methyl sites for hydroxylation is 1. The Morgan fingerprint density at radius 3 is 2.51 bits per heavy atom. The van der Waals surface area contributed by atoms with E-state index in [0.29, 0.717) is 5.69 Å². The Hall–Kier alpha value is -4.08. The second-order valence-corrected chi connectivity index (χ2v) is 8.30. The standard InChI is InChI=1S/C25H22F3N3O4/c1-14-5-3-6-20(15(14)2)31-13-16(11-22(31)32)23(33)30-19-9-8-17(12-18(19)25(26,27)28)29-24(34)21-7-4-10-35-21/h3-10,12,16H,11,13H2,1-2H3,(H,29,34)(H,30,33). The largest absolute Gasteiger partial charge is 0.459 e. The van der Waals surface area contributed by atoms with Gasteiger partial charge in [0.1, 0.15) is 0 Å². The van der Waals surface area contributed by atoms with Gasteiger partial charge in [0.05, 0.1) is 23.4 Å². The number of rotatable bonds is 5. The third-order valence-corrected chi connectivity index (χ3v) is 5.95. The van der Waals surface area contributed by atoms with Crippen LogP contribution in [0.1, 0.15) is 33.7 Å². The van der Waals surface area contributed by atoms with Gasteiger partial charge in [-0.25, -0.2) is 0 Å². The molecule has 2 heterocycles. The predicted molar refractivity (Wildman–Crippen MR) is 123 cm³/mol. The van der Waals surface area contributed by atoms with Gasteiger partial charge in [-0.3, -0.25) is 14.4 Å². The van der Waals surface area contributed by atoms with Gasteiger partial charge in [-0.1, -0.05) is 12.1 Å². The first-order chi connectivity index (χ1) is 16.5. The molecule has 35 heavy (non-hydrogen) atoms. The van der Waals surface area contributed by atoms with Crippen LogP contribution in [0.5, 0.6) is 0 Å². The van der Waals surface area contributed by atoms with Gasteiger partial charge in [-0.2, -0.15) is 13.2 Å². The van der Waals surface area contributed by atoms with Crippen molar-refractivity contribution in [1.82, 2.24) is 0 Å². The minimum Gasteiger partial charge on any atom is -0.459 e. The van der Waals surface area contributed by atoms with Gasteiger partial charge in [-0.15, -0.1) is 0 Å². The van der Waals surface area contributed by atoms with Crippen LogP contribution in [0.3, 0.4) is 0 Å². The molecular weight excluding hydrogens is 463 g/mol. The molecule has 10 heteroatoms. The Bertz CT molecular complexity index is 1290. The van der Waals surface area contributed by atoms with Gasteiger partial charge in [0, 0.05) is 24.3 Å². The van der Waals surface area contributed by atoms with Crippen molar-refractivity contribution in [1.29, 1.82) is 0 Å². The highest BCUT2D eigenvalue weighted by atomic mass is 19.4. The molecule has 1 aliphatic rings. The lowest BCUT2D eigenvalue weighted by Crippen LogP contribution is -2.29. The van der Waals surface area contributed by atoms with Crippen molar-refractivity contribution in [3.63, 3.8) is 0 Å². The van der Waals surface area contributed by atoms with Crippen LogP contribution < -0.4 is 15.5 Å². The molecule has 0 saturated carbocycles. The highest BCUT2D eigenvalue weighted by molar-refractivity contribution is 6.05. The molecule has 1 aromatic heterocycles. The normalized spacial score (nSPS) is 15.9. The number of nitrogens with zero attached hydrogens (tertiary/aromatic N) is 1. The smallest absolute Gasteiger partial charge is 0.418 e. The Morgan fingerprint density at radius 1 is 1.06 bits per heavy atom. The number of amides is 3. The fourth-order valence-electron chi connectivity index (χ4n) is 3.94. The first kappa shape index (κ1) is 24.1. The Balaban J connectivity index is 1.52. The highest BCUT2D eigenvalue weighted by Crippen LogP contribution is 2.37. The van der Waals surface area contributed by atoms with Crippen molar-refractivity contribution in [3.05, 3.63) is 77.2 Å². The van der Waals surface area contributed by atoms with Crippen molar-refractivity contribution in [3.8, 4) is 0 Å². The molecule has 4 rings (SSSR count). The third kappa shape index (κ3) is 5.06. The minimum atomic E-state index is -4.80. The molecule has 7 nitrogen and oxygen atoms in total. The van der Waals surface area contributed by atoms with Gasteiger partial charge in [0.15, 0.2) is 5.76 Å². The molecule has 1 fully saturated rings. The Morgan fingerprint density at radius 2 is 1.83 bits per heavy atom. The monoisotopic (exact) mass is 485 g/mol. The second-order valence-electron chi connectivity index (χ2n) is 8.30. The summed E-state index contributed by atoms with van der Waals surface area (Å²) in [5.41, 5.74) is 0.854. The fraction of sp³-hybridized carbons (Fsp3) is 0.240. The van der Waals surface area contributed by atoms with Crippen LogP contribution in [0.15, 0.2) is 59.2 Å². The van der Waals surface area contributed by atoms with Crippen LogP contribution in [0.2, 0.25) is 0 Å². The number of hydrogen-bond donors (Lipinski definition) is 2. The summed E-state index contributed by atoms with van der Waals surface area (Å²) in [6.45, 7) is 3.84. The molecule has 3 aromatic rings. The van der Waals surface area contributed by atoms with E-state index in [4.69, 9.17) is 4.42 Å². The van der Waals surface area contributed by atoms with Gasteiger partial charge in [-0.05, 0) is 61.4 Å². The second kappa shape index (κ2) is 9.28. The van der Waals surface area contributed by atoms with Crippen molar-refractivity contribution in [2.75, 3.05) is 22.1 Å². The first-order valence-electron chi connectivity index (χ1n) is 10.8. The summed E-state index contributed by atoms with van der Waals surface area (Å²) >= 11 is 0. The lowest BCUT2D eigenvalue weighted by molar-refractivity contribution is -0.137. The number of furan rings is 1. The Labute approximate surface area is 198 Å². The number of hydrogen-bond acceptors (Lipinski definition) is 4. The van der Waals surface area contributed by atoms with Crippen molar-refractivity contribution in [2.24, 2.45) is 5.92 Å². The summed E-state index contributed by atoms with van der Waals surface area (Å²) in [6, 6.07) is 11.4. The molecule has 0 radical (unpaired) electrons. The van der Waals surface area contributed by atoms with E-state index in [1.807, 2.05) is 19.9 Å². The molecule has 0 bridgehead atoms. The van der Waals surface area contributed by atoms with Gasteiger partial charge in [0.25, 0.3) is 5.91 Å². The van der Waals surface area contributed by atoms with E-state index in [1.54, 1.807) is 12.1 Å². The van der Waals surface area contributed by atoms with E-state index >= 15 is 0 Å². The van der Waals surface area contributed by atoms with E-state index < -0.39 is 35.2 Å². The average Bonchev–Trinajstić information content (AvgIpc) is 3.46. The predicted octanol–water partition coefficient (Wildman–Crippen LogP) is 5.16. The molecule has 182 valence electrons. The van der Waals surface area contributed by atoms with E-state index in [1.165, 1.54) is 29.4 Å². The molecule has 1 aliphatic heterocycles. The minimum absolute atomic E-state index is 0.0600. The molecule has 3 amide bonds. The quantitative estimate of drug-likeness (QED) is 0.522. The molecular formula is C25H22F3N3O4. The van der Waals surface area contributed by atoms with E-state index in [2.05, 4.69) is 10.6 Å². The highest BCUT2D eigenvalue weighted by Gasteiger charge is 2.38. The van der Waals surface area contributed by atoms with Crippen LogP contribution in [-0.2, 0) is 15.8 Å². The van der Waals surface area contributed by atoms with Gasteiger partial charge < -0.3 is 20.0 Å². The summed E-state index contributed by atoms with van der Waals surface area (Å²) < 4.78 is 46.2. The molecule has 1 saturated heterocycles. The van der Waals surface area contributed by atoms with Crippen molar-refractivity contribution >= 4 is 34.8 Å². The average molecular weight is 485 g/mol. The number of nitrogens with one attached hydrogen (secondary N) is 2. The maximum Gasteiger partial charge on any atom is 0.418 e. The zero-order valence-electron chi connectivity index (χ0n) is 18.9. The van der Waals surface area contributed by atoms with Crippen LogP contribution >= 0.6 is 0 Å². The molecule has 0 aliphatic carbocycles. The van der Waals surface area contributed by atoms with E-state index in [-0.39, 0.29) is 30.3 Å². The molecule has 0 spiro atoms. The zero-order valence-corrected chi connectivity index (χ0v) is 18.9. The summed E-state index contributed by atoms with van der Waals surface area (Å²) in [5.74, 6) is -2.55. The van der Waals surface area contributed by atoms with E-state index in [0.717, 1.165) is 23.3 Å². The SMILES string of the molecule is Cc1cccc(N2CC(C(=O)Nc3ccc(NC(=O)c4ccco4)cc3C(F)(F)F)CC2=O)c1C. The van der Waals surface area contributed by atoms with Crippen LogP contribution in [0, 0.1) is 19.8 Å². The maximum absolute atomic E-state index is 13.7. The van der Waals surface area contributed by atoms with Crippen molar-refractivity contribution < 1.29 is 32.0 Å². The lowest BCUT2D eigenvalue weighted by Gasteiger charge is -2.20. The van der Waals surface area contributed by atoms with Crippen LogP contribution in [0.25, 0.3) is 0 Å². The topological polar surface area (TPSA) is 91.7 Å². The van der Waals surface area contributed by atoms with E-state index in [9.17, 15) is 27.6 Å². The fourth-order valence-corrected chi connectivity index (χ4v) is 3.94. The molecule has 1 unspecified atom stereocenters. The summed E-state index contributed by atoms with van der Waals surface area (Å²) in [5, 5.41) is 4.65. The number of anilines is 3. The maximum atomic E-state index is 13.7. The number of alkyl halides is 3. The molecule has 2 N–H and O–H groups in total. The summed E-state index contributed by atoms with van der Waals surface area (Å²) in [7, 11) is 0. The Kier molecular flexibility index (Phi) is 6.38. The number of benzene rings is 2. The van der Waals surface area contributed by atoms with Crippen LogP contribution in [-0.4, -0.2) is 24.3 Å². The van der Waals surface area contributed by atoms with Gasteiger partial charge in [0.2, 0.25) is 11.8 Å². The third-order valence-electron chi connectivity index (χ3n) is 5.95. The molecule has 1 atom stereocenters. The summed E-state index contributed by atoms with van der Waals surface area (Å²) in [4.78, 5) is 39.0. The number of carbonyl (C=O) groups is 3. The summed E-state index contributed by atoms with van der Waals surface area (Å²) in [6.07, 6.45) is -3.65. The first-order valence-corrected chi connectivity index (χ1v) is 10.8. The molecule has 2 aromatic carbocycles. The lowest BCUT2D eigenvalue weighted by atomic mass is 10.1. The van der Waals surface area contributed by atoms with Gasteiger partial charge >= 0.3 is 6.18 Å². The zero-order chi connectivity index (χ0) is 25.3. The van der Waals surface area contributed by atoms with Crippen LogP contribution in [0.4, 0.5) is 30.2 Å². The van der Waals surface area contributed by atoms with Crippen molar-refractivity contribution in [2.45, 2.75) is 26.4 Å². The number of carbonyl (C=O) groups excluding carboxylic acids is 3.